The van der Waals surface area contributed by atoms with Crippen LogP contribution in [0.4, 0.5) is 0 Å². The van der Waals surface area contributed by atoms with Crippen LogP contribution in [-0.4, -0.2) is 45.4 Å². The molecule has 0 aliphatic heterocycles. The molecular formula is C14H20ClN5O. The molecule has 0 saturated carbocycles. The van der Waals surface area contributed by atoms with Crippen LogP contribution in [0.2, 0.25) is 0 Å². The predicted octanol–water partition coefficient (Wildman–Crippen LogP) is 1.42. The van der Waals surface area contributed by atoms with Crippen molar-refractivity contribution in [2.24, 2.45) is 5.73 Å². The molecule has 0 saturated heterocycles. The summed E-state index contributed by atoms with van der Waals surface area (Å²) in [6, 6.07) is 7.81. The topological polar surface area (TPSA) is 77.0 Å². The van der Waals surface area contributed by atoms with Crippen molar-refractivity contribution < 1.29 is 4.79 Å². The molecule has 1 aromatic carbocycles. The summed E-state index contributed by atoms with van der Waals surface area (Å²) in [7, 11) is 1.71. The summed E-state index contributed by atoms with van der Waals surface area (Å²) < 4.78 is 1.59. The molecule has 21 heavy (non-hydrogen) atoms. The van der Waals surface area contributed by atoms with Crippen LogP contribution in [0.1, 0.15) is 23.0 Å². The number of aromatic nitrogens is 3. The highest BCUT2D eigenvalue weighted by atomic mass is 35.5. The molecule has 0 radical (unpaired) electrons. The molecule has 0 spiro atoms. The van der Waals surface area contributed by atoms with E-state index in [-0.39, 0.29) is 24.4 Å². The van der Waals surface area contributed by atoms with Gasteiger partial charge in [-0.25, -0.2) is 4.68 Å². The van der Waals surface area contributed by atoms with Gasteiger partial charge >= 0.3 is 0 Å². The zero-order chi connectivity index (χ0) is 14.7. The number of benzene rings is 1. The fourth-order valence-corrected chi connectivity index (χ4v) is 1.72. The van der Waals surface area contributed by atoms with E-state index in [9.17, 15) is 4.79 Å². The molecule has 6 nitrogen and oxygen atoms in total. The number of carbonyl (C=O) groups excluding carboxylic acids is 1. The van der Waals surface area contributed by atoms with E-state index in [1.54, 1.807) is 22.8 Å². The molecule has 0 aliphatic rings. The number of nitrogens with zero attached hydrogens (tertiary/aromatic N) is 4. The molecule has 1 amide bonds. The molecule has 1 heterocycles. The number of amides is 1. The van der Waals surface area contributed by atoms with Crippen molar-refractivity contribution in [3.05, 3.63) is 41.7 Å². The van der Waals surface area contributed by atoms with Crippen molar-refractivity contribution in [2.45, 2.75) is 19.9 Å². The Labute approximate surface area is 130 Å². The van der Waals surface area contributed by atoms with Crippen LogP contribution in [0.15, 0.2) is 30.5 Å². The second-order valence-corrected chi connectivity index (χ2v) is 4.88. The maximum Gasteiger partial charge on any atom is 0.276 e. The van der Waals surface area contributed by atoms with Gasteiger partial charge in [0.1, 0.15) is 0 Å². The molecule has 1 unspecified atom stereocenters. The van der Waals surface area contributed by atoms with Gasteiger partial charge in [-0.3, -0.25) is 4.79 Å². The van der Waals surface area contributed by atoms with Gasteiger partial charge in [0.05, 0.1) is 11.9 Å². The Kier molecular flexibility index (Phi) is 5.87. The lowest BCUT2D eigenvalue weighted by Crippen LogP contribution is -2.39. The van der Waals surface area contributed by atoms with Crippen molar-refractivity contribution in [3.63, 3.8) is 0 Å². The molecule has 2 rings (SSSR count). The summed E-state index contributed by atoms with van der Waals surface area (Å²) in [4.78, 5) is 13.8. The van der Waals surface area contributed by atoms with Gasteiger partial charge in [0.2, 0.25) is 0 Å². The fraction of sp³-hybridized carbons (Fsp3) is 0.357. The number of hydrogen-bond acceptors (Lipinski definition) is 4. The molecule has 1 aromatic heterocycles. The largest absolute Gasteiger partial charge is 0.336 e. The minimum atomic E-state index is -0.179. The van der Waals surface area contributed by atoms with Crippen LogP contribution in [0, 0.1) is 6.92 Å². The molecule has 0 bridgehead atoms. The SMILES string of the molecule is Cc1ccc(-n2cc(C(=O)N(C)C(C)CN)nn2)cc1.Cl. The van der Waals surface area contributed by atoms with E-state index < -0.39 is 0 Å². The van der Waals surface area contributed by atoms with E-state index in [1.807, 2.05) is 38.1 Å². The number of halogens is 1. The number of carbonyl (C=O) groups is 1. The first-order valence-electron chi connectivity index (χ1n) is 6.49. The Hall–Kier alpha value is -1.92. The van der Waals surface area contributed by atoms with E-state index in [0.29, 0.717) is 12.2 Å². The van der Waals surface area contributed by atoms with E-state index in [1.165, 1.54) is 5.56 Å². The van der Waals surface area contributed by atoms with Crippen LogP contribution in [-0.2, 0) is 0 Å². The minimum absolute atomic E-state index is 0. The lowest BCUT2D eigenvalue weighted by molar-refractivity contribution is 0.0742. The average molecular weight is 310 g/mol. The van der Waals surface area contributed by atoms with E-state index in [4.69, 9.17) is 5.73 Å². The zero-order valence-electron chi connectivity index (χ0n) is 12.4. The van der Waals surface area contributed by atoms with Crippen LogP contribution < -0.4 is 5.73 Å². The number of aryl methyl sites for hydroxylation is 1. The number of likely N-dealkylation sites (N-methyl/N-ethyl adjacent to an activating group) is 1. The minimum Gasteiger partial charge on any atom is -0.336 e. The van der Waals surface area contributed by atoms with Crippen LogP contribution in [0.25, 0.3) is 5.69 Å². The van der Waals surface area contributed by atoms with E-state index in [0.717, 1.165) is 5.69 Å². The summed E-state index contributed by atoms with van der Waals surface area (Å²) >= 11 is 0. The van der Waals surface area contributed by atoms with Crippen molar-refractivity contribution in [1.82, 2.24) is 19.9 Å². The third-order valence-corrected chi connectivity index (χ3v) is 3.33. The summed E-state index contributed by atoms with van der Waals surface area (Å²) in [5.41, 5.74) is 7.92. The second-order valence-electron chi connectivity index (χ2n) is 4.88. The van der Waals surface area contributed by atoms with Gasteiger partial charge in [-0.2, -0.15) is 0 Å². The van der Waals surface area contributed by atoms with Crippen LogP contribution in [0.5, 0.6) is 0 Å². The van der Waals surface area contributed by atoms with E-state index >= 15 is 0 Å². The Morgan fingerprint density at radius 2 is 2.00 bits per heavy atom. The molecule has 114 valence electrons. The Morgan fingerprint density at radius 3 is 2.57 bits per heavy atom. The number of hydrogen-bond donors (Lipinski definition) is 1. The van der Waals surface area contributed by atoms with Crippen LogP contribution in [0.3, 0.4) is 0 Å². The Balaban J connectivity index is 0.00000220. The second kappa shape index (κ2) is 7.19. The first-order valence-corrected chi connectivity index (χ1v) is 6.49. The summed E-state index contributed by atoms with van der Waals surface area (Å²) in [5.74, 6) is -0.179. The predicted molar refractivity (Wildman–Crippen MR) is 84.0 cm³/mol. The highest BCUT2D eigenvalue weighted by Gasteiger charge is 2.19. The lowest BCUT2D eigenvalue weighted by atomic mass is 10.2. The average Bonchev–Trinajstić information content (AvgIpc) is 2.95. The van der Waals surface area contributed by atoms with Gasteiger partial charge in [0, 0.05) is 19.6 Å². The molecule has 1 atom stereocenters. The third-order valence-electron chi connectivity index (χ3n) is 3.33. The first-order chi connectivity index (χ1) is 9.52. The maximum atomic E-state index is 12.2. The van der Waals surface area contributed by atoms with Crippen molar-refractivity contribution in [2.75, 3.05) is 13.6 Å². The monoisotopic (exact) mass is 309 g/mol. The normalized spacial score (nSPS) is 11.6. The quantitative estimate of drug-likeness (QED) is 0.926. The Morgan fingerprint density at radius 1 is 1.38 bits per heavy atom. The maximum absolute atomic E-state index is 12.2. The van der Waals surface area contributed by atoms with Gasteiger partial charge in [0.15, 0.2) is 5.69 Å². The highest BCUT2D eigenvalue weighted by molar-refractivity contribution is 5.92. The number of rotatable bonds is 4. The van der Waals surface area contributed by atoms with Gasteiger partial charge < -0.3 is 10.6 Å². The van der Waals surface area contributed by atoms with Crippen molar-refractivity contribution in [3.8, 4) is 5.69 Å². The Bertz CT molecular complexity index is 596. The standard InChI is InChI=1S/C14H19N5O.ClH/c1-10-4-6-12(7-5-10)19-9-13(16-17-19)14(20)18(3)11(2)8-15;/h4-7,9,11H,8,15H2,1-3H3;1H. The summed E-state index contributed by atoms with van der Waals surface area (Å²) in [6.45, 7) is 4.32. The smallest absolute Gasteiger partial charge is 0.276 e. The summed E-state index contributed by atoms with van der Waals surface area (Å²) in [6.07, 6.45) is 1.63. The summed E-state index contributed by atoms with van der Waals surface area (Å²) in [5, 5.41) is 7.93. The highest BCUT2D eigenvalue weighted by Crippen LogP contribution is 2.10. The molecule has 0 aliphatic carbocycles. The molecular weight excluding hydrogens is 290 g/mol. The fourth-order valence-electron chi connectivity index (χ4n) is 1.72. The van der Waals surface area contributed by atoms with Gasteiger partial charge in [-0.05, 0) is 26.0 Å². The molecule has 2 N–H and O–H groups in total. The van der Waals surface area contributed by atoms with Crippen molar-refractivity contribution in [1.29, 1.82) is 0 Å². The molecule has 0 fully saturated rings. The molecule has 7 heteroatoms. The number of nitrogens with two attached hydrogens (primary N) is 1. The van der Waals surface area contributed by atoms with Crippen LogP contribution >= 0.6 is 12.4 Å². The van der Waals surface area contributed by atoms with Gasteiger partial charge in [-0.15, -0.1) is 17.5 Å². The first kappa shape index (κ1) is 17.1. The van der Waals surface area contributed by atoms with E-state index in [2.05, 4.69) is 10.3 Å². The van der Waals surface area contributed by atoms with Crippen molar-refractivity contribution >= 4 is 18.3 Å². The molecule has 2 aromatic rings. The third kappa shape index (κ3) is 3.80. The van der Waals surface area contributed by atoms with Gasteiger partial charge in [0.25, 0.3) is 5.91 Å². The zero-order valence-corrected chi connectivity index (χ0v) is 13.2. The van der Waals surface area contributed by atoms with Gasteiger partial charge in [-0.1, -0.05) is 22.9 Å². The lowest BCUT2D eigenvalue weighted by Gasteiger charge is -2.22.